The average Bonchev–Trinajstić information content (AvgIpc) is 3.11. The van der Waals surface area contributed by atoms with Crippen molar-refractivity contribution in [3.05, 3.63) is 66.0 Å². The van der Waals surface area contributed by atoms with Gasteiger partial charge in [-0.1, -0.05) is 24.3 Å². The molecule has 2 N–H and O–H groups in total. The first-order valence-corrected chi connectivity index (χ1v) is 8.28. The number of carbonyl (C=O) groups is 2. The highest BCUT2D eigenvalue weighted by Crippen LogP contribution is 2.17. The number of benzene rings is 1. The first-order chi connectivity index (χ1) is 12.7. The number of nitrogens with zero attached hydrogens (tertiary/aromatic N) is 2. The summed E-state index contributed by atoms with van der Waals surface area (Å²) in [5, 5.41) is 9.53. The molecule has 0 aliphatic heterocycles. The van der Waals surface area contributed by atoms with E-state index in [1.54, 1.807) is 23.9 Å². The van der Waals surface area contributed by atoms with Gasteiger partial charge in [0.25, 0.3) is 5.91 Å². The lowest BCUT2D eigenvalue weighted by Crippen LogP contribution is -2.37. The zero-order chi connectivity index (χ0) is 18.4. The summed E-state index contributed by atoms with van der Waals surface area (Å²) >= 11 is 0. The second kappa shape index (κ2) is 8.15. The topological polar surface area (TPSA) is 84.7 Å². The van der Waals surface area contributed by atoms with Crippen LogP contribution in [-0.2, 0) is 11.2 Å². The molecule has 0 radical (unpaired) electrons. The molecule has 2 aromatic heterocycles. The lowest BCUT2D eigenvalue weighted by Gasteiger charge is -2.09. The molecule has 2 amide bonds. The monoisotopic (exact) mass is 352 g/mol. The zero-order valence-electron chi connectivity index (χ0n) is 14.4. The first-order valence-electron chi connectivity index (χ1n) is 8.28. The van der Waals surface area contributed by atoms with E-state index >= 15 is 0 Å². The molecular formula is C19H20N4O3. The lowest BCUT2D eigenvalue weighted by molar-refractivity contribution is -0.120. The third kappa shape index (κ3) is 4.18. The van der Waals surface area contributed by atoms with Gasteiger partial charge >= 0.3 is 0 Å². The van der Waals surface area contributed by atoms with Crippen molar-refractivity contribution in [3.8, 4) is 5.75 Å². The number of rotatable bonds is 7. The Morgan fingerprint density at radius 3 is 2.73 bits per heavy atom. The Morgan fingerprint density at radius 2 is 1.92 bits per heavy atom. The van der Waals surface area contributed by atoms with E-state index in [0.29, 0.717) is 13.0 Å². The van der Waals surface area contributed by atoms with E-state index in [2.05, 4.69) is 15.7 Å². The van der Waals surface area contributed by atoms with Gasteiger partial charge in [0.2, 0.25) is 5.91 Å². The molecule has 7 nitrogen and oxygen atoms in total. The third-order valence-electron chi connectivity index (χ3n) is 3.92. The van der Waals surface area contributed by atoms with Crippen LogP contribution < -0.4 is 15.4 Å². The standard InChI is InChI=1S/C19H20N4O3/c1-26-17-8-3-2-6-14(17)9-10-20-18(24)13-21-19(25)16-12-15-7-4-5-11-23(15)22-16/h2-8,11-12H,9-10,13H2,1H3,(H,20,24)(H,21,25). The molecule has 0 atom stereocenters. The number of amides is 2. The first kappa shape index (κ1) is 17.5. The minimum Gasteiger partial charge on any atom is -0.496 e. The van der Waals surface area contributed by atoms with Gasteiger partial charge in [0.15, 0.2) is 5.69 Å². The van der Waals surface area contributed by atoms with E-state index in [4.69, 9.17) is 4.74 Å². The maximum absolute atomic E-state index is 12.1. The Morgan fingerprint density at radius 1 is 1.12 bits per heavy atom. The molecule has 7 heteroatoms. The molecule has 0 saturated carbocycles. The molecule has 26 heavy (non-hydrogen) atoms. The fraction of sp³-hybridized carbons (Fsp3) is 0.211. The van der Waals surface area contributed by atoms with Gasteiger partial charge in [0, 0.05) is 12.7 Å². The van der Waals surface area contributed by atoms with Crippen LogP contribution in [0, 0.1) is 0 Å². The van der Waals surface area contributed by atoms with Crippen molar-refractivity contribution in [2.45, 2.75) is 6.42 Å². The van der Waals surface area contributed by atoms with Gasteiger partial charge < -0.3 is 15.4 Å². The molecule has 3 rings (SSSR count). The van der Waals surface area contributed by atoms with Gasteiger partial charge in [-0.25, -0.2) is 4.52 Å². The third-order valence-corrected chi connectivity index (χ3v) is 3.92. The van der Waals surface area contributed by atoms with E-state index in [1.165, 1.54) is 0 Å². The Kier molecular flexibility index (Phi) is 5.48. The van der Waals surface area contributed by atoms with Crippen LogP contribution in [0.2, 0.25) is 0 Å². The van der Waals surface area contributed by atoms with Gasteiger partial charge in [-0.2, -0.15) is 5.10 Å². The van der Waals surface area contributed by atoms with Crippen molar-refractivity contribution in [2.75, 3.05) is 20.2 Å². The maximum atomic E-state index is 12.1. The molecule has 2 heterocycles. The summed E-state index contributed by atoms with van der Waals surface area (Å²) in [6, 6.07) is 14.9. The fourth-order valence-electron chi connectivity index (χ4n) is 2.61. The van der Waals surface area contributed by atoms with Crippen molar-refractivity contribution in [1.29, 1.82) is 0 Å². The van der Waals surface area contributed by atoms with Crippen LogP contribution in [0.3, 0.4) is 0 Å². The summed E-state index contributed by atoms with van der Waals surface area (Å²) in [6.45, 7) is 0.363. The summed E-state index contributed by atoms with van der Waals surface area (Å²) in [7, 11) is 1.62. The summed E-state index contributed by atoms with van der Waals surface area (Å²) in [4.78, 5) is 24.0. The van der Waals surface area contributed by atoms with E-state index < -0.39 is 0 Å². The zero-order valence-corrected chi connectivity index (χ0v) is 14.4. The van der Waals surface area contributed by atoms with E-state index in [-0.39, 0.29) is 24.1 Å². The van der Waals surface area contributed by atoms with E-state index in [0.717, 1.165) is 16.8 Å². The Hall–Kier alpha value is -3.35. The van der Waals surface area contributed by atoms with Crippen molar-refractivity contribution < 1.29 is 14.3 Å². The smallest absolute Gasteiger partial charge is 0.272 e. The van der Waals surface area contributed by atoms with Crippen LogP contribution in [-0.4, -0.2) is 41.6 Å². The predicted octanol–water partition coefficient (Wildman–Crippen LogP) is 1.43. The molecule has 3 aromatic rings. The maximum Gasteiger partial charge on any atom is 0.272 e. The number of pyridine rings is 1. The number of hydrogen-bond donors (Lipinski definition) is 2. The molecule has 0 aliphatic carbocycles. The number of carbonyl (C=O) groups excluding carboxylic acids is 2. The average molecular weight is 352 g/mol. The van der Waals surface area contributed by atoms with Gasteiger partial charge in [-0.15, -0.1) is 0 Å². The van der Waals surface area contributed by atoms with Crippen molar-refractivity contribution in [3.63, 3.8) is 0 Å². The Balaban J connectivity index is 1.45. The number of aromatic nitrogens is 2. The van der Waals surface area contributed by atoms with Gasteiger partial charge in [-0.3, -0.25) is 9.59 Å². The molecule has 0 saturated heterocycles. The van der Waals surface area contributed by atoms with Crippen molar-refractivity contribution in [2.24, 2.45) is 0 Å². The molecule has 0 aliphatic rings. The molecule has 134 valence electrons. The van der Waals surface area contributed by atoms with Gasteiger partial charge in [0.05, 0.1) is 19.2 Å². The summed E-state index contributed by atoms with van der Waals surface area (Å²) in [5.74, 6) is 0.160. The number of hydrogen-bond acceptors (Lipinski definition) is 4. The minimum atomic E-state index is -0.381. The lowest BCUT2D eigenvalue weighted by atomic mass is 10.1. The van der Waals surface area contributed by atoms with Crippen LogP contribution in [0.4, 0.5) is 0 Å². The SMILES string of the molecule is COc1ccccc1CCNC(=O)CNC(=O)c1cc2ccccn2n1. The second-order valence-electron chi connectivity index (χ2n) is 5.69. The fourth-order valence-corrected chi connectivity index (χ4v) is 2.61. The van der Waals surface area contributed by atoms with E-state index in [9.17, 15) is 9.59 Å². The predicted molar refractivity (Wildman–Crippen MR) is 97.2 cm³/mol. The summed E-state index contributed by atoms with van der Waals surface area (Å²) in [5.41, 5.74) is 2.11. The van der Waals surface area contributed by atoms with E-state index in [1.807, 2.05) is 42.5 Å². The highest BCUT2D eigenvalue weighted by molar-refractivity contribution is 5.95. The summed E-state index contributed by atoms with van der Waals surface area (Å²) < 4.78 is 6.89. The molecule has 0 bridgehead atoms. The van der Waals surface area contributed by atoms with Crippen molar-refractivity contribution in [1.82, 2.24) is 20.2 Å². The number of ether oxygens (including phenoxy) is 1. The number of nitrogens with one attached hydrogen (secondary N) is 2. The highest BCUT2D eigenvalue weighted by Gasteiger charge is 2.12. The molecular weight excluding hydrogens is 332 g/mol. The minimum absolute atomic E-state index is 0.0986. The molecule has 0 unspecified atom stereocenters. The van der Waals surface area contributed by atoms with Crippen LogP contribution >= 0.6 is 0 Å². The van der Waals surface area contributed by atoms with Crippen LogP contribution in [0.25, 0.3) is 5.52 Å². The number of para-hydroxylation sites is 1. The molecule has 0 spiro atoms. The quantitative estimate of drug-likeness (QED) is 0.674. The highest BCUT2D eigenvalue weighted by atomic mass is 16.5. The Bertz CT molecular complexity index is 887. The van der Waals surface area contributed by atoms with Crippen LogP contribution in [0.1, 0.15) is 16.1 Å². The van der Waals surface area contributed by atoms with Crippen LogP contribution in [0.15, 0.2) is 54.7 Å². The number of fused-ring (bicyclic) bond motifs is 1. The second-order valence-corrected chi connectivity index (χ2v) is 5.69. The summed E-state index contributed by atoms with van der Waals surface area (Å²) in [6.07, 6.45) is 2.41. The largest absolute Gasteiger partial charge is 0.496 e. The molecule has 0 fully saturated rings. The van der Waals surface area contributed by atoms with Crippen LogP contribution in [0.5, 0.6) is 5.75 Å². The molecule has 1 aromatic carbocycles. The van der Waals surface area contributed by atoms with Gasteiger partial charge in [0.1, 0.15) is 5.75 Å². The van der Waals surface area contributed by atoms with Crippen molar-refractivity contribution >= 4 is 17.3 Å². The normalized spacial score (nSPS) is 10.5. The van der Waals surface area contributed by atoms with Gasteiger partial charge in [-0.05, 0) is 36.2 Å². The number of methoxy groups -OCH3 is 1. The Labute approximate surface area is 151 Å².